The zero-order valence-electron chi connectivity index (χ0n) is 16.5. The number of aryl methyl sites for hydroxylation is 2. The van der Waals surface area contributed by atoms with Gasteiger partial charge in [-0.05, 0) is 82.2 Å². The van der Waals surface area contributed by atoms with Gasteiger partial charge in [-0.15, -0.1) is 0 Å². The second-order valence-electron chi connectivity index (χ2n) is 8.05. The maximum Gasteiger partial charge on any atom is 0.410 e. The summed E-state index contributed by atoms with van der Waals surface area (Å²) < 4.78 is 5.43. The summed E-state index contributed by atoms with van der Waals surface area (Å²) in [5.41, 5.74) is 8.67. The summed E-state index contributed by atoms with van der Waals surface area (Å²) in [6, 6.07) is 3.67. The molecule has 142 valence electrons. The molecule has 0 atom stereocenters. The first kappa shape index (κ1) is 20.0. The topological polar surface area (TPSA) is 72.6 Å². The lowest BCUT2D eigenvalue weighted by atomic mass is 9.93. The zero-order chi connectivity index (χ0) is 19.5. The van der Waals surface area contributed by atoms with E-state index in [1.807, 2.05) is 46.8 Å². The van der Waals surface area contributed by atoms with Crippen LogP contribution in [0.2, 0.25) is 0 Å². The number of rotatable bonds is 3. The Hall–Kier alpha value is -2.30. The molecule has 0 bridgehead atoms. The lowest BCUT2D eigenvalue weighted by Crippen LogP contribution is -2.41. The summed E-state index contributed by atoms with van der Waals surface area (Å²) in [5.74, 6) is 0.0320. The van der Waals surface area contributed by atoms with E-state index < -0.39 is 11.5 Å². The van der Waals surface area contributed by atoms with Crippen LogP contribution in [-0.4, -0.2) is 35.6 Å². The molecule has 1 aromatic carbocycles. The predicted octanol–water partition coefficient (Wildman–Crippen LogP) is 4.06. The average molecular weight is 358 g/mol. The summed E-state index contributed by atoms with van der Waals surface area (Å²) in [4.78, 5) is 25.3. The molecule has 0 unspecified atom stereocenters. The Morgan fingerprint density at radius 2 is 1.69 bits per heavy atom. The SMILES string of the molecule is Cc1cc(C(N)=O)cc(C)c1/C=C/C1CCN(C(=O)OC(C)(C)C)CC1. The Kier molecular flexibility index (Phi) is 6.11. The van der Waals surface area contributed by atoms with E-state index in [-0.39, 0.29) is 6.09 Å². The minimum absolute atomic E-state index is 0.228. The van der Waals surface area contributed by atoms with Gasteiger partial charge in [0.1, 0.15) is 5.60 Å². The van der Waals surface area contributed by atoms with Gasteiger partial charge in [-0.2, -0.15) is 0 Å². The van der Waals surface area contributed by atoms with Gasteiger partial charge >= 0.3 is 6.09 Å². The van der Waals surface area contributed by atoms with Crippen LogP contribution in [0.5, 0.6) is 0 Å². The number of allylic oxidation sites excluding steroid dienone is 1. The van der Waals surface area contributed by atoms with Gasteiger partial charge in [0.2, 0.25) is 5.91 Å². The quantitative estimate of drug-likeness (QED) is 0.885. The number of likely N-dealkylation sites (tertiary alicyclic amines) is 1. The van der Waals surface area contributed by atoms with Crippen molar-refractivity contribution in [2.75, 3.05) is 13.1 Å². The molecular formula is C21H30N2O3. The smallest absolute Gasteiger partial charge is 0.410 e. The van der Waals surface area contributed by atoms with Gasteiger partial charge < -0.3 is 15.4 Å². The Morgan fingerprint density at radius 1 is 1.15 bits per heavy atom. The largest absolute Gasteiger partial charge is 0.444 e. The third-order valence-electron chi connectivity index (χ3n) is 4.60. The standard InChI is InChI=1S/C21H30N2O3/c1-14-12-17(19(22)24)13-15(2)18(14)7-6-16-8-10-23(11-9-16)20(25)26-21(3,4)5/h6-7,12-13,16H,8-11H2,1-5H3,(H2,22,24)/b7-6+. The van der Waals surface area contributed by atoms with Gasteiger partial charge in [0.15, 0.2) is 0 Å². The fourth-order valence-electron chi connectivity index (χ4n) is 3.21. The van der Waals surface area contributed by atoms with Crippen LogP contribution in [0.25, 0.3) is 6.08 Å². The van der Waals surface area contributed by atoms with Crippen LogP contribution in [-0.2, 0) is 4.74 Å². The summed E-state index contributed by atoms with van der Waals surface area (Å²) in [6.45, 7) is 11.1. The lowest BCUT2D eigenvalue weighted by molar-refractivity contribution is 0.0197. The van der Waals surface area contributed by atoms with Crippen molar-refractivity contribution < 1.29 is 14.3 Å². The van der Waals surface area contributed by atoms with Crippen molar-refractivity contribution in [2.45, 2.75) is 53.1 Å². The van der Waals surface area contributed by atoms with E-state index in [9.17, 15) is 9.59 Å². The molecule has 2 amide bonds. The number of carbonyl (C=O) groups is 2. The van der Waals surface area contributed by atoms with Crippen molar-refractivity contribution in [1.29, 1.82) is 0 Å². The number of hydrogen-bond donors (Lipinski definition) is 1. The van der Waals surface area contributed by atoms with Crippen LogP contribution in [0.15, 0.2) is 18.2 Å². The molecule has 0 aliphatic carbocycles. The second-order valence-corrected chi connectivity index (χ2v) is 8.05. The minimum atomic E-state index is -0.458. The molecule has 26 heavy (non-hydrogen) atoms. The highest BCUT2D eigenvalue weighted by Crippen LogP contribution is 2.24. The number of nitrogens with zero attached hydrogens (tertiary/aromatic N) is 1. The Bertz CT molecular complexity index is 685. The molecule has 0 saturated carbocycles. The number of primary amides is 1. The van der Waals surface area contributed by atoms with Crippen molar-refractivity contribution in [3.05, 3.63) is 40.5 Å². The van der Waals surface area contributed by atoms with E-state index in [4.69, 9.17) is 10.5 Å². The molecule has 1 aliphatic heterocycles. The van der Waals surface area contributed by atoms with Crippen LogP contribution in [0.1, 0.15) is 60.7 Å². The molecule has 0 radical (unpaired) electrons. The molecular weight excluding hydrogens is 328 g/mol. The molecule has 0 spiro atoms. The van der Waals surface area contributed by atoms with Gasteiger partial charge in [0.25, 0.3) is 0 Å². The molecule has 2 N–H and O–H groups in total. The zero-order valence-corrected chi connectivity index (χ0v) is 16.5. The first-order valence-electron chi connectivity index (χ1n) is 9.14. The van der Waals surface area contributed by atoms with Crippen molar-refractivity contribution in [2.24, 2.45) is 11.7 Å². The summed E-state index contributed by atoms with van der Waals surface area (Å²) in [6.07, 6.45) is 5.96. The van der Waals surface area contributed by atoms with Crippen LogP contribution < -0.4 is 5.73 Å². The Morgan fingerprint density at radius 3 is 2.15 bits per heavy atom. The number of carbonyl (C=O) groups excluding carboxylic acids is 2. The highest BCUT2D eigenvalue weighted by molar-refractivity contribution is 5.93. The lowest BCUT2D eigenvalue weighted by Gasteiger charge is -2.32. The van der Waals surface area contributed by atoms with Gasteiger partial charge in [-0.25, -0.2) is 4.79 Å². The first-order chi connectivity index (χ1) is 12.1. The number of piperidine rings is 1. The number of amides is 2. The Labute approximate surface area is 156 Å². The highest BCUT2D eigenvalue weighted by Gasteiger charge is 2.25. The summed E-state index contributed by atoms with van der Waals surface area (Å²) in [5, 5.41) is 0. The number of benzene rings is 1. The number of nitrogens with two attached hydrogens (primary N) is 1. The number of hydrogen-bond acceptors (Lipinski definition) is 3. The van der Waals surface area contributed by atoms with Gasteiger partial charge in [0.05, 0.1) is 0 Å². The highest BCUT2D eigenvalue weighted by atomic mass is 16.6. The molecule has 1 saturated heterocycles. The van der Waals surface area contributed by atoms with E-state index in [1.165, 1.54) is 0 Å². The predicted molar refractivity (Wildman–Crippen MR) is 104 cm³/mol. The van der Waals surface area contributed by atoms with Crippen LogP contribution in [0.3, 0.4) is 0 Å². The molecule has 5 heteroatoms. The molecule has 1 aromatic rings. The minimum Gasteiger partial charge on any atom is -0.444 e. The molecule has 5 nitrogen and oxygen atoms in total. The molecule has 1 fully saturated rings. The molecule has 0 aromatic heterocycles. The first-order valence-corrected chi connectivity index (χ1v) is 9.14. The average Bonchev–Trinajstić information content (AvgIpc) is 2.52. The molecule has 1 heterocycles. The fourth-order valence-corrected chi connectivity index (χ4v) is 3.21. The van der Waals surface area contributed by atoms with Crippen molar-refractivity contribution in [1.82, 2.24) is 4.90 Å². The fraction of sp³-hybridized carbons (Fsp3) is 0.524. The van der Waals surface area contributed by atoms with Gasteiger partial charge in [-0.1, -0.05) is 12.2 Å². The van der Waals surface area contributed by atoms with E-state index in [0.717, 1.165) is 29.5 Å². The molecule has 2 rings (SSSR count). The van der Waals surface area contributed by atoms with Crippen LogP contribution in [0.4, 0.5) is 4.79 Å². The summed E-state index contributed by atoms with van der Waals surface area (Å²) >= 11 is 0. The van der Waals surface area contributed by atoms with E-state index in [1.54, 1.807) is 4.90 Å². The monoisotopic (exact) mass is 358 g/mol. The second kappa shape index (κ2) is 7.94. The van der Waals surface area contributed by atoms with Gasteiger partial charge in [0, 0.05) is 18.7 Å². The van der Waals surface area contributed by atoms with Crippen molar-refractivity contribution >= 4 is 18.1 Å². The maximum atomic E-state index is 12.1. The van der Waals surface area contributed by atoms with Gasteiger partial charge in [-0.3, -0.25) is 4.79 Å². The molecule has 1 aliphatic rings. The third kappa shape index (κ3) is 5.35. The Balaban J connectivity index is 1.97. The summed E-state index contributed by atoms with van der Waals surface area (Å²) in [7, 11) is 0. The normalized spacial score (nSPS) is 16.1. The van der Waals surface area contributed by atoms with E-state index in [0.29, 0.717) is 24.6 Å². The van der Waals surface area contributed by atoms with Crippen molar-refractivity contribution in [3.8, 4) is 0 Å². The van der Waals surface area contributed by atoms with Crippen molar-refractivity contribution in [3.63, 3.8) is 0 Å². The van der Waals surface area contributed by atoms with E-state index >= 15 is 0 Å². The van der Waals surface area contributed by atoms with Crippen LogP contribution in [0, 0.1) is 19.8 Å². The third-order valence-corrected chi connectivity index (χ3v) is 4.60. The maximum absolute atomic E-state index is 12.1. The van der Waals surface area contributed by atoms with E-state index in [2.05, 4.69) is 12.2 Å². The number of ether oxygens (including phenoxy) is 1. The van der Waals surface area contributed by atoms with Crippen LogP contribution >= 0.6 is 0 Å².